The molecule has 0 spiro atoms. The summed E-state index contributed by atoms with van der Waals surface area (Å²) in [5.41, 5.74) is 5.64. The van der Waals surface area contributed by atoms with Gasteiger partial charge in [0, 0.05) is 39.3 Å². The predicted molar refractivity (Wildman–Crippen MR) is 98.7 cm³/mol. The fourth-order valence-corrected chi connectivity index (χ4v) is 3.09. The maximum absolute atomic E-state index is 12.1. The first-order valence-corrected chi connectivity index (χ1v) is 9.49. The van der Waals surface area contributed by atoms with E-state index >= 15 is 0 Å². The summed E-state index contributed by atoms with van der Waals surface area (Å²) in [4.78, 5) is 20.3. The van der Waals surface area contributed by atoms with E-state index in [1.54, 1.807) is 4.90 Å². The summed E-state index contributed by atoms with van der Waals surface area (Å²) in [5, 5.41) is 0. The number of aliphatic imine (C=N–C) groups is 1. The Balaban J connectivity index is 1.66. The number of carbonyl (C=O) groups excluding carboxylic acids is 1. The van der Waals surface area contributed by atoms with Crippen molar-refractivity contribution >= 4 is 12.1 Å². The van der Waals surface area contributed by atoms with Crippen molar-refractivity contribution < 1.29 is 14.3 Å². The van der Waals surface area contributed by atoms with Gasteiger partial charge in [-0.25, -0.2) is 4.79 Å². The monoisotopic (exact) mass is 354 g/mol. The number of hydrogen-bond acceptors (Lipinski definition) is 4. The summed E-state index contributed by atoms with van der Waals surface area (Å²) in [6.07, 6.45) is 5.85. The van der Waals surface area contributed by atoms with Gasteiger partial charge in [-0.2, -0.15) is 0 Å². The quantitative estimate of drug-likeness (QED) is 0.476. The predicted octanol–water partition coefficient (Wildman–Crippen LogP) is 2.20. The number of nitrogens with zero attached hydrogens (tertiary/aromatic N) is 3. The molecular formula is C18H34N4O3. The van der Waals surface area contributed by atoms with E-state index in [1.165, 1.54) is 19.3 Å². The molecule has 7 nitrogen and oxygen atoms in total. The van der Waals surface area contributed by atoms with Crippen molar-refractivity contribution in [3.05, 3.63) is 0 Å². The molecule has 1 atom stereocenters. The molecule has 0 aromatic rings. The molecule has 2 fully saturated rings. The zero-order valence-corrected chi connectivity index (χ0v) is 16.0. The summed E-state index contributed by atoms with van der Waals surface area (Å²) in [6.45, 7) is 9.89. The molecule has 0 aromatic heterocycles. The third-order valence-electron chi connectivity index (χ3n) is 4.49. The molecule has 144 valence electrons. The molecule has 0 aromatic carbocycles. The lowest BCUT2D eigenvalue weighted by molar-refractivity contribution is 0.0105. The van der Waals surface area contributed by atoms with E-state index < -0.39 is 5.60 Å². The third-order valence-corrected chi connectivity index (χ3v) is 4.49. The molecule has 1 amide bonds. The van der Waals surface area contributed by atoms with Crippen LogP contribution in [0.5, 0.6) is 0 Å². The summed E-state index contributed by atoms with van der Waals surface area (Å²) in [5.74, 6) is 0.577. The molecule has 25 heavy (non-hydrogen) atoms. The second kappa shape index (κ2) is 9.27. The Morgan fingerprint density at radius 3 is 2.48 bits per heavy atom. The standard InChI is InChI=1S/C18H34N4O3/c1-18(2,3)25-17(23)22-12-10-21(11-13-22)16(19)20-9-6-8-15-7-4-5-14-24-15/h15H,4-14H2,1-3H3,(H2,19,20). The van der Waals surface area contributed by atoms with Crippen LogP contribution in [0.1, 0.15) is 52.9 Å². The smallest absolute Gasteiger partial charge is 0.410 e. The zero-order valence-electron chi connectivity index (χ0n) is 16.0. The first-order chi connectivity index (χ1) is 11.8. The van der Waals surface area contributed by atoms with Gasteiger partial charge in [-0.1, -0.05) is 0 Å². The number of hydrogen-bond donors (Lipinski definition) is 1. The summed E-state index contributed by atoms with van der Waals surface area (Å²) >= 11 is 0. The Labute approximate surface area is 151 Å². The molecular weight excluding hydrogens is 320 g/mol. The molecule has 0 saturated carbocycles. The van der Waals surface area contributed by atoms with Crippen molar-refractivity contribution in [3.8, 4) is 0 Å². The highest BCUT2D eigenvalue weighted by atomic mass is 16.6. The molecule has 0 aliphatic carbocycles. The summed E-state index contributed by atoms with van der Waals surface area (Å²) in [6, 6.07) is 0. The molecule has 2 aliphatic heterocycles. The Kier molecular flexibility index (Phi) is 7.35. The molecule has 2 heterocycles. The van der Waals surface area contributed by atoms with Crippen LogP contribution in [-0.4, -0.2) is 72.9 Å². The molecule has 7 heteroatoms. The maximum Gasteiger partial charge on any atom is 0.410 e. The number of carbonyl (C=O) groups is 1. The highest BCUT2D eigenvalue weighted by Gasteiger charge is 2.26. The average Bonchev–Trinajstić information content (AvgIpc) is 2.58. The van der Waals surface area contributed by atoms with Crippen LogP contribution < -0.4 is 5.73 Å². The van der Waals surface area contributed by atoms with Gasteiger partial charge in [-0.3, -0.25) is 4.99 Å². The fourth-order valence-electron chi connectivity index (χ4n) is 3.09. The minimum absolute atomic E-state index is 0.254. The number of amides is 1. The highest BCUT2D eigenvalue weighted by Crippen LogP contribution is 2.17. The van der Waals surface area contributed by atoms with Crippen molar-refractivity contribution in [2.24, 2.45) is 10.7 Å². The van der Waals surface area contributed by atoms with Crippen LogP contribution in [0.3, 0.4) is 0 Å². The second-order valence-corrected chi connectivity index (χ2v) is 7.83. The zero-order chi connectivity index (χ0) is 18.3. The van der Waals surface area contributed by atoms with Gasteiger partial charge in [0.15, 0.2) is 5.96 Å². The number of nitrogens with two attached hydrogens (primary N) is 1. The van der Waals surface area contributed by atoms with Gasteiger partial charge in [0.2, 0.25) is 0 Å². The summed E-state index contributed by atoms with van der Waals surface area (Å²) in [7, 11) is 0. The Morgan fingerprint density at radius 1 is 1.20 bits per heavy atom. The van der Waals surface area contributed by atoms with Gasteiger partial charge in [0.1, 0.15) is 5.60 Å². The first kappa shape index (κ1) is 19.8. The molecule has 2 saturated heterocycles. The number of ether oxygens (including phenoxy) is 2. The van der Waals surface area contributed by atoms with Crippen molar-refractivity contribution in [2.75, 3.05) is 39.3 Å². The molecule has 2 N–H and O–H groups in total. The topological polar surface area (TPSA) is 80.4 Å². The van der Waals surface area contributed by atoms with Gasteiger partial charge in [0.05, 0.1) is 6.10 Å². The lowest BCUT2D eigenvalue weighted by Crippen LogP contribution is -2.53. The minimum Gasteiger partial charge on any atom is -0.444 e. The molecule has 2 rings (SSSR count). The van der Waals surface area contributed by atoms with Gasteiger partial charge >= 0.3 is 6.09 Å². The van der Waals surface area contributed by atoms with Gasteiger partial charge in [-0.05, 0) is 52.9 Å². The minimum atomic E-state index is -0.462. The third kappa shape index (κ3) is 7.10. The molecule has 1 unspecified atom stereocenters. The van der Waals surface area contributed by atoms with Gasteiger partial charge < -0.3 is 25.0 Å². The van der Waals surface area contributed by atoms with Gasteiger partial charge in [-0.15, -0.1) is 0 Å². The van der Waals surface area contributed by atoms with Crippen molar-refractivity contribution in [1.82, 2.24) is 9.80 Å². The lowest BCUT2D eigenvalue weighted by Gasteiger charge is -2.36. The molecule has 2 aliphatic rings. The fraction of sp³-hybridized carbons (Fsp3) is 0.889. The van der Waals surface area contributed by atoms with Crippen molar-refractivity contribution in [1.29, 1.82) is 0 Å². The van der Waals surface area contributed by atoms with Crippen LogP contribution in [0.15, 0.2) is 4.99 Å². The normalized spacial score (nSPS) is 22.8. The van der Waals surface area contributed by atoms with E-state index in [0.29, 0.717) is 38.2 Å². The van der Waals surface area contributed by atoms with E-state index in [2.05, 4.69) is 4.99 Å². The lowest BCUT2D eigenvalue weighted by atomic mass is 10.1. The van der Waals surface area contributed by atoms with E-state index in [9.17, 15) is 4.79 Å². The van der Waals surface area contributed by atoms with Crippen LogP contribution in [0, 0.1) is 0 Å². The van der Waals surface area contributed by atoms with Gasteiger partial charge in [0.25, 0.3) is 0 Å². The second-order valence-electron chi connectivity index (χ2n) is 7.83. The first-order valence-electron chi connectivity index (χ1n) is 9.49. The van der Waals surface area contributed by atoms with Crippen LogP contribution in [-0.2, 0) is 9.47 Å². The van der Waals surface area contributed by atoms with E-state index in [-0.39, 0.29) is 6.09 Å². The summed E-state index contributed by atoms with van der Waals surface area (Å²) < 4.78 is 11.1. The van der Waals surface area contributed by atoms with Crippen LogP contribution in [0.25, 0.3) is 0 Å². The van der Waals surface area contributed by atoms with Crippen LogP contribution >= 0.6 is 0 Å². The Morgan fingerprint density at radius 2 is 1.88 bits per heavy atom. The van der Waals surface area contributed by atoms with Crippen molar-refractivity contribution in [2.45, 2.75) is 64.6 Å². The molecule has 0 radical (unpaired) electrons. The number of rotatable bonds is 4. The van der Waals surface area contributed by atoms with E-state index in [0.717, 1.165) is 26.0 Å². The average molecular weight is 354 g/mol. The van der Waals surface area contributed by atoms with E-state index in [4.69, 9.17) is 15.2 Å². The van der Waals surface area contributed by atoms with Crippen molar-refractivity contribution in [3.63, 3.8) is 0 Å². The van der Waals surface area contributed by atoms with Crippen LogP contribution in [0.4, 0.5) is 4.79 Å². The number of guanidine groups is 1. The number of piperazine rings is 1. The SMILES string of the molecule is CC(C)(C)OC(=O)N1CCN(C(N)=NCCCC2CCCCO2)CC1. The maximum atomic E-state index is 12.1. The van der Waals surface area contributed by atoms with E-state index in [1.807, 2.05) is 25.7 Å². The largest absolute Gasteiger partial charge is 0.444 e. The Bertz CT molecular complexity index is 448. The highest BCUT2D eigenvalue weighted by molar-refractivity contribution is 5.78. The molecule has 0 bridgehead atoms. The Hall–Kier alpha value is -1.50. The van der Waals surface area contributed by atoms with Crippen LogP contribution in [0.2, 0.25) is 0 Å².